The molecular weight excluding hydrogens is 488 g/mol. The van der Waals surface area contributed by atoms with E-state index >= 15 is 0 Å². The van der Waals surface area contributed by atoms with Crippen molar-refractivity contribution < 1.29 is 19.1 Å². The van der Waals surface area contributed by atoms with Gasteiger partial charge in [-0.15, -0.1) is 0 Å². The molecule has 1 aliphatic rings. The largest absolute Gasteiger partial charge is 0.452 e. The molecule has 39 heavy (non-hydrogen) atoms. The number of cyclic esters (lactones) is 1. The van der Waals surface area contributed by atoms with Crippen LogP contribution < -0.4 is 9.64 Å². The molecule has 0 radical (unpaired) electrons. The van der Waals surface area contributed by atoms with Gasteiger partial charge in [0.05, 0.1) is 12.2 Å². The van der Waals surface area contributed by atoms with Crippen molar-refractivity contribution >= 4 is 17.6 Å². The topological polar surface area (TPSA) is 68.7 Å². The summed E-state index contributed by atoms with van der Waals surface area (Å²) in [6.07, 6.45) is 11.6. The number of fused-ring (bicyclic) bond motifs is 1. The van der Waals surface area contributed by atoms with Crippen LogP contribution in [0.3, 0.4) is 0 Å². The molecule has 3 aromatic rings. The summed E-state index contributed by atoms with van der Waals surface area (Å²) in [5.74, 6) is 5.04. The maximum atomic E-state index is 13.7. The molecular formula is C33H36N2O4. The molecule has 0 spiro atoms. The Kier molecular flexibility index (Phi) is 9.38. The fourth-order valence-corrected chi connectivity index (χ4v) is 4.55. The summed E-state index contributed by atoms with van der Waals surface area (Å²) < 4.78 is 11.4. The summed E-state index contributed by atoms with van der Waals surface area (Å²) in [5, 5.41) is 0. The average molecular weight is 525 g/mol. The number of carbonyl (C=O) groups is 2. The van der Waals surface area contributed by atoms with Gasteiger partial charge in [0.15, 0.2) is 0 Å². The second-order valence-corrected chi connectivity index (χ2v) is 10.2. The predicted octanol–water partition coefficient (Wildman–Crippen LogP) is 7.32. The Bertz CT molecular complexity index is 1340. The van der Waals surface area contributed by atoms with E-state index in [2.05, 4.69) is 23.7 Å². The molecule has 6 nitrogen and oxygen atoms in total. The molecule has 0 saturated carbocycles. The fraction of sp³-hybridized carbons (Fsp3) is 0.364. The van der Waals surface area contributed by atoms with Crippen LogP contribution in [0.5, 0.6) is 5.75 Å². The SMILES string of the molecule is CCCCCCCCC#Cc1ccc(CN(C(=O)c2ccncc2)c2cccc3c2C(=O)OC(C)(C)O3)cc1. The molecule has 0 unspecified atom stereocenters. The Morgan fingerprint density at radius 2 is 1.64 bits per heavy atom. The highest BCUT2D eigenvalue weighted by Gasteiger charge is 2.37. The smallest absolute Gasteiger partial charge is 0.347 e. The van der Waals surface area contributed by atoms with Crippen LogP contribution in [0.2, 0.25) is 0 Å². The van der Waals surface area contributed by atoms with Gasteiger partial charge in [-0.3, -0.25) is 9.78 Å². The molecule has 1 aliphatic heterocycles. The zero-order valence-corrected chi connectivity index (χ0v) is 23.0. The number of pyridine rings is 1. The Balaban J connectivity index is 1.54. The van der Waals surface area contributed by atoms with Gasteiger partial charge in [0.25, 0.3) is 5.91 Å². The van der Waals surface area contributed by atoms with Crippen molar-refractivity contribution in [1.82, 2.24) is 4.98 Å². The van der Waals surface area contributed by atoms with E-state index in [1.165, 1.54) is 32.1 Å². The number of hydrogen-bond donors (Lipinski definition) is 0. The van der Waals surface area contributed by atoms with Gasteiger partial charge >= 0.3 is 5.97 Å². The van der Waals surface area contributed by atoms with E-state index in [4.69, 9.17) is 9.47 Å². The van der Waals surface area contributed by atoms with E-state index in [0.29, 0.717) is 17.0 Å². The van der Waals surface area contributed by atoms with Gasteiger partial charge in [-0.05, 0) is 48.4 Å². The minimum atomic E-state index is -1.09. The molecule has 2 aromatic carbocycles. The summed E-state index contributed by atoms with van der Waals surface area (Å²) in [7, 11) is 0. The zero-order valence-electron chi connectivity index (χ0n) is 23.0. The first-order chi connectivity index (χ1) is 18.9. The summed E-state index contributed by atoms with van der Waals surface area (Å²) in [6, 6.07) is 16.4. The summed E-state index contributed by atoms with van der Waals surface area (Å²) >= 11 is 0. The van der Waals surface area contributed by atoms with Crippen LogP contribution >= 0.6 is 0 Å². The summed E-state index contributed by atoms with van der Waals surface area (Å²) in [5.41, 5.74) is 2.97. The second kappa shape index (κ2) is 13.1. The van der Waals surface area contributed by atoms with Crippen molar-refractivity contribution in [3.63, 3.8) is 0 Å². The van der Waals surface area contributed by atoms with E-state index in [9.17, 15) is 9.59 Å². The van der Waals surface area contributed by atoms with E-state index in [-0.39, 0.29) is 18.0 Å². The number of nitrogens with zero attached hydrogens (tertiary/aromatic N) is 2. The van der Waals surface area contributed by atoms with Gasteiger partial charge in [0.1, 0.15) is 11.3 Å². The number of amides is 1. The van der Waals surface area contributed by atoms with Crippen molar-refractivity contribution in [2.45, 2.75) is 78.0 Å². The highest BCUT2D eigenvalue weighted by atomic mass is 16.7. The monoisotopic (exact) mass is 524 g/mol. The number of rotatable bonds is 10. The average Bonchev–Trinajstić information content (AvgIpc) is 2.93. The van der Waals surface area contributed by atoms with Gasteiger partial charge in [-0.1, -0.05) is 69.1 Å². The quantitative estimate of drug-likeness (QED) is 0.158. The fourth-order valence-electron chi connectivity index (χ4n) is 4.55. The lowest BCUT2D eigenvalue weighted by Gasteiger charge is -2.34. The number of aromatic nitrogens is 1. The van der Waals surface area contributed by atoms with Crippen LogP contribution in [0.1, 0.15) is 97.6 Å². The van der Waals surface area contributed by atoms with E-state index in [1.54, 1.807) is 61.5 Å². The van der Waals surface area contributed by atoms with Crippen molar-refractivity contribution in [3.8, 4) is 17.6 Å². The minimum absolute atomic E-state index is 0.233. The van der Waals surface area contributed by atoms with Gasteiger partial charge in [0.2, 0.25) is 5.79 Å². The van der Waals surface area contributed by atoms with Crippen LogP contribution in [-0.4, -0.2) is 22.6 Å². The number of unbranched alkanes of at least 4 members (excludes halogenated alkanes) is 6. The number of benzene rings is 2. The standard InChI is InChI=1S/C33H36N2O4/c1-4-5-6-7-8-9-10-11-13-25-16-18-26(19-17-25)24-35(31(36)27-20-22-34-23-21-27)28-14-12-15-29-30(28)32(37)39-33(2,3)38-29/h12,14-23H,4-10,24H2,1-3H3. The van der Waals surface area contributed by atoms with Crippen molar-refractivity contribution in [3.05, 3.63) is 89.2 Å². The van der Waals surface area contributed by atoms with Crippen LogP contribution in [0.4, 0.5) is 5.69 Å². The van der Waals surface area contributed by atoms with Gasteiger partial charge in [-0.25, -0.2) is 4.79 Å². The predicted molar refractivity (Wildman–Crippen MR) is 153 cm³/mol. The van der Waals surface area contributed by atoms with E-state index in [1.807, 2.05) is 24.3 Å². The first kappa shape index (κ1) is 27.9. The highest BCUT2D eigenvalue weighted by Crippen LogP contribution is 2.38. The summed E-state index contributed by atoms with van der Waals surface area (Å²) in [6.45, 7) is 5.84. The third-order valence-corrected chi connectivity index (χ3v) is 6.55. The third kappa shape index (κ3) is 7.48. The lowest BCUT2D eigenvalue weighted by molar-refractivity contribution is -0.127. The van der Waals surface area contributed by atoms with Crippen LogP contribution in [0.15, 0.2) is 67.0 Å². The minimum Gasteiger partial charge on any atom is -0.452 e. The molecule has 1 amide bonds. The number of anilines is 1. The maximum absolute atomic E-state index is 13.7. The van der Waals surface area contributed by atoms with Crippen molar-refractivity contribution in [2.24, 2.45) is 0 Å². The molecule has 0 N–H and O–H groups in total. The van der Waals surface area contributed by atoms with Crippen LogP contribution in [0, 0.1) is 11.8 Å². The molecule has 0 saturated heterocycles. The highest BCUT2D eigenvalue weighted by molar-refractivity contribution is 6.10. The van der Waals surface area contributed by atoms with Crippen LogP contribution in [-0.2, 0) is 11.3 Å². The zero-order chi connectivity index (χ0) is 27.7. The Morgan fingerprint density at radius 1 is 0.923 bits per heavy atom. The van der Waals surface area contributed by atoms with Gasteiger partial charge in [-0.2, -0.15) is 0 Å². The Labute approximate surface area is 231 Å². The molecule has 1 aromatic heterocycles. The molecule has 0 aliphatic carbocycles. The molecule has 4 rings (SSSR count). The molecule has 0 atom stereocenters. The Morgan fingerprint density at radius 3 is 2.38 bits per heavy atom. The second-order valence-electron chi connectivity index (χ2n) is 10.2. The lowest BCUT2D eigenvalue weighted by atomic mass is 10.1. The Hall–Kier alpha value is -4.11. The van der Waals surface area contributed by atoms with Gasteiger partial charge in [0, 0.05) is 43.8 Å². The number of hydrogen-bond acceptors (Lipinski definition) is 5. The molecule has 0 fully saturated rings. The number of ether oxygens (including phenoxy) is 2. The normalized spacial score (nSPS) is 13.4. The van der Waals surface area contributed by atoms with Crippen LogP contribution in [0.25, 0.3) is 0 Å². The molecule has 202 valence electrons. The molecule has 2 heterocycles. The number of esters is 1. The third-order valence-electron chi connectivity index (χ3n) is 6.55. The molecule has 0 bridgehead atoms. The first-order valence-electron chi connectivity index (χ1n) is 13.7. The first-order valence-corrected chi connectivity index (χ1v) is 13.7. The summed E-state index contributed by atoms with van der Waals surface area (Å²) in [4.78, 5) is 32.3. The lowest BCUT2D eigenvalue weighted by Crippen LogP contribution is -2.40. The van der Waals surface area contributed by atoms with E-state index in [0.717, 1.165) is 24.0 Å². The number of carbonyl (C=O) groups excluding carboxylic acids is 2. The van der Waals surface area contributed by atoms with Crippen molar-refractivity contribution in [2.75, 3.05) is 4.90 Å². The maximum Gasteiger partial charge on any atom is 0.347 e. The van der Waals surface area contributed by atoms with Gasteiger partial charge < -0.3 is 14.4 Å². The van der Waals surface area contributed by atoms with Crippen molar-refractivity contribution in [1.29, 1.82) is 0 Å². The molecule has 6 heteroatoms. The van der Waals surface area contributed by atoms with E-state index < -0.39 is 11.8 Å².